The van der Waals surface area contributed by atoms with Gasteiger partial charge >= 0.3 is 0 Å². The van der Waals surface area contributed by atoms with Crippen LogP contribution in [0.1, 0.15) is 31.4 Å². The Balaban J connectivity index is 0.00000264. The van der Waals surface area contributed by atoms with Crippen molar-refractivity contribution in [1.29, 1.82) is 0 Å². The van der Waals surface area contributed by atoms with E-state index >= 15 is 0 Å². The van der Waals surface area contributed by atoms with Crippen LogP contribution in [0.3, 0.4) is 0 Å². The molecule has 2 N–H and O–H groups in total. The first-order valence-electron chi connectivity index (χ1n) is 7.49. The summed E-state index contributed by atoms with van der Waals surface area (Å²) in [5, 5.41) is 7.40. The predicted molar refractivity (Wildman–Crippen MR) is 106 cm³/mol. The highest BCUT2D eigenvalue weighted by atomic mass is 127. The zero-order valence-electron chi connectivity index (χ0n) is 13.7. The molecule has 0 radical (unpaired) electrons. The number of carbonyl (C=O) groups is 1. The maximum atomic E-state index is 11.7. The molecule has 0 bridgehead atoms. The average Bonchev–Trinajstić information content (AvgIpc) is 3.28. The first-order chi connectivity index (χ1) is 10.5. The molecule has 1 atom stereocenters. The minimum absolute atomic E-state index is 0. The summed E-state index contributed by atoms with van der Waals surface area (Å²) in [5.41, 5.74) is 1.12. The number of amides is 1. The van der Waals surface area contributed by atoms with E-state index in [0.29, 0.717) is 12.0 Å². The van der Waals surface area contributed by atoms with Gasteiger partial charge in [-0.1, -0.05) is 23.7 Å². The van der Waals surface area contributed by atoms with Crippen LogP contribution in [0.5, 0.6) is 0 Å². The first kappa shape index (κ1) is 20.0. The molecule has 1 amide bonds. The molecule has 5 nitrogen and oxygen atoms in total. The summed E-state index contributed by atoms with van der Waals surface area (Å²) in [6.45, 7) is 2.20. The first-order valence-corrected chi connectivity index (χ1v) is 7.86. The van der Waals surface area contributed by atoms with Crippen molar-refractivity contribution in [3.63, 3.8) is 0 Å². The lowest BCUT2D eigenvalue weighted by molar-refractivity contribution is -0.127. The Morgan fingerprint density at radius 1 is 1.35 bits per heavy atom. The fraction of sp³-hybridized carbons (Fsp3) is 0.500. The van der Waals surface area contributed by atoms with Crippen molar-refractivity contribution >= 4 is 47.4 Å². The third kappa shape index (κ3) is 6.95. The molecule has 128 valence electrons. The van der Waals surface area contributed by atoms with Crippen molar-refractivity contribution in [3.05, 3.63) is 34.9 Å². The molecule has 0 saturated heterocycles. The molecule has 1 aromatic rings. The summed E-state index contributed by atoms with van der Waals surface area (Å²) in [6.07, 6.45) is 2.30. The summed E-state index contributed by atoms with van der Waals surface area (Å²) in [7, 11) is 3.46. The average molecular weight is 451 g/mol. The van der Waals surface area contributed by atoms with Crippen molar-refractivity contribution in [2.45, 2.75) is 31.8 Å². The number of hydrogen-bond donors (Lipinski definition) is 2. The number of carbonyl (C=O) groups excluding carboxylic acids is 1. The Hall–Kier alpha value is -1.02. The number of guanidine groups is 1. The van der Waals surface area contributed by atoms with E-state index in [0.717, 1.165) is 23.4 Å². The Morgan fingerprint density at radius 3 is 2.48 bits per heavy atom. The van der Waals surface area contributed by atoms with Crippen LogP contribution in [0.2, 0.25) is 5.02 Å². The van der Waals surface area contributed by atoms with Gasteiger partial charge in [0, 0.05) is 25.2 Å². The monoisotopic (exact) mass is 450 g/mol. The Bertz CT molecular complexity index is 544. The number of benzene rings is 1. The lowest BCUT2D eigenvalue weighted by atomic mass is 10.1. The topological polar surface area (TPSA) is 56.7 Å². The van der Waals surface area contributed by atoms with Crippen LogP contribution in [0.15, 0.2) is 29.3 Å². The summed E-state index contributed by atoms with van der Waals surface area (Å²) >= 11 is 5.91. The number of hydrogen-bond acceptors (Lipinski definition) is 2. The van der Waals surface area contributed by atoms with Crippen LogP contribution in [-0.2, 0) is 4.79 Å². The van der Waals surface area contributed by atoms with E-state index in [9.17, 15) is 4.79 Å². The molecule has 0 spiro atoms. The van der Waals surface area contributed by atoms with E-state index in [1.165, 1.54) is 0 Å². The maximum Gasteiger partial charge on any atom is 0.243 e. The number of likely N-dealkylation sites (N-methyl/N-ethyl adjacent to an activating group) is 1. The molecule has 0 heterocycles. The standard InChI is InChI=1S/C16H23ClN4O.HI/c1-11(12-4-6-13(17)7-5-12)19-16(20-14-8-9-14)18-10-15(22)21(2)3;/h4-7,11,14H,8-10H2,1-3H3,(H2,18,19,20);1H. The summed E-state index contributed by atoms with van der Waals surface area (Å²) < 4.78 is 0. The van der Waals surface area contributed by atoms with Crippen LogP contribution in [-0.4, -0.2) is 43.4 Å². The molecule has 0 aliphatic heterocycles. The molecule has 7 heteroatoms. The molecule has 1 aliphatic carbocycles. The van der Waals surface area contributed by atoms with E-state index < -0.39 is 0 Å². The van der Waals surface area contributed by atoms with Crippen LogP contribution in [0.4, 0.5) is 0 Å². The predicted octanol–water partition coefficient (Wildman–Crippen LogP) is 2.80. The van der Waals surface area contributed by atoms with E-state index in [1.807, 2.05) is 24.3 Å². The number of aliphatic imine (C=N–C) groups is 1. The van der Waals surface area contributed by atoms with Crippen LogP contribution in [0, 0.1) is 0 Å². The second-order valence-electron chi connectivity index (χ2n) is 5.79. The van der Waals surface area contributed by atoms with Gasteiger partial charge in [0.25, 0.3) is 0 Å². The Kier molecular flexibility index (Phi) is 8.11. The van der Waals surface area contributed by atoms with Gasteiger partial charge in [-0.15, -0.1) is 24.0 Å². The van der Waals surface area contributed by atoms with Crippen molar-refractivity contribution in [1.82, 2.24) is 15.5 Å². The van der Waals surface area contributed by atoms with E-state index in [-0.39, 0.29) is 42.5 Å². The zero-order valence-corrected chi connectivity index (χ0v) is 16.8. The van der Waals surface area contributed by atoms with Gasteiger partial charge in [-0.2, -0.15) is 0 Å². The highest BCUT2D eigenvalue weighted by molar-refractivity contribution is 14.0. The molecule has 1 unspecified atom stereocenters. The van der Waals surface area contributed by atoms with Gasteiger partial charge < -0.3 is 15.5 Å². The summed E-state index contributed by atoms with van der Waals surface area (Å²) in [5.74, 6) is 0.663. The second kappa shape index (κ2) is 9.32. The zero-order chi connectivity index (χ0) is 16.1. The molecule has 1 saturated carbocycles. The molecule has 1 aliphatic rings. The number of nitrogens with one attached hydrogen (secondary N) is 2. The van der Waals surface area contributed by atoms with Gasteiger partial charge in [-0.3, -0.25) is 4.79 Å². The van der Waals surface area contributed by atoms with Gasteiger partial charge in [-0.25, -0.2) is 4.99 Å². The van der Waals surface area contributed by atoms with Crippen molar-refractivity contribution < 1.29 is 4.79 Å². The fourth-order valence-corrected chi connectivity index (χ4v) is 2.01. The molecule has 0 aromatic heterocycles. The molecule has 23 heavy (non-hydrogen) atoms. The van der Waals surface area contributed by atoms with Gasteiger partial charge in [0.15, 0.2) is 5.96 Å². The lowest BCUT2D eigenvalue weighted by Crippen LogP contribution is -2.40. The Labute approximate surface area is 159 Å². The Morgan fingerprint density at radius 2 is 1.96 bits per heavy atom. The molecule has 2 rings (SSSR count). The molecule has 1 fully saturated rings. The van der Waals surface area contributed by atoms with Crippen LogP contribution < -0.4 is 10.6 Å². The fourth-order valence-electron chi connectivity index (χ4n) is 1.88. The van der Waals surface area contributed by atoms with Gasteiger partial charge in [0.2, 0.25) is 5.91 Å². The van der Waals surface area contributed by atoms with Crippen LogP contribution >= 0.6 is 35.6 Å². The van der Waals surface area contributed by atoms with Gasteiger partial charge in [0.05, 0.1) is 6.04 Å². The third-order valence-electron chi connectivity index (χ3n) is 3.51. The molecule has 1 aromatic carbocycles. The van der Waals surface area contributed by atoms with Gasteiger partial charge in [-0.05, 0) is 37.5 Å². The minimum Gasteiger partial charge on any atom is -0.354 e. The number of rotatable bonds is 5. The highest BCUT2D eigenvalue weighted by Gasteiger charge is 2.23. The highest BCUT2D eigenvalue weighted by Crippen LogP contribution is 2.19. The quantitative estimate of drug-likeness (QED) is 0.412. The molecular weight excluding hydrogens is 427 g/mol. The number of nitrogens with zero attached hydrogens (tertiary/aromatic N) is 2. The van der Waals surface area contributed by atoms with Gasteiger partial charge in [0.1, 0.15) is 6.54 Å². The largest absolute Gasteiger partial charge is 0.354 e. The van der Waals surface area contributed by atoms with E-state index in [4.69, 9.17) is 11.6 Å². The minimum atomic E-state index is -0.0176. The van der Waals surface area contributed by atoms with E-state index in [1.54, 1.807) is 19.0 Å². The van der Waals surface area contributed by atoms with Crippen molar-refractivity contribution in [2.24, 2.45) is 4.99 Å². The third-order valence-corrected chi connectivity index (χ3v) is 3.76. The SMILES string of the molecule is CC(NC(=NCC(=O)N(C)C)NC1CC1)c1ccc(Cl)cc1.I. The summed E-state index contributed by atoms with van der Waals surface area (Å²) in [4.78, 5) is 17.6. The molecular formula is C16H24ClIN4O. The number of halogens is 2. The normalized spacial score (nSPS) is 15.4. The lowest BCUT2D eigenvalue weighted by Gasteiger charge is -2.19. The summed E-state index contributed by atoms with van der Waals surface area (Å²) in [6, 6.07) is 8.26. The smallest absolute Gasteiger partial charge is 0.243 e. The van der Waals surface area contributed by atoms with Crippen molar-refractivity contribution in [3.8, 4) is 0 Å². The van der Waals surface area contributed by atoms with Crippen molar-refractivity contribution in [2.75, 3.05) is 20.6 Å². The second-order valence-corrected chi connectivity index (χ2v) is 6.23. The maximum absolute atomic E-state index is 11.7. The van der Waals surface area contributed by atoms with Crippen LogP contribution in [0.25, 0.3) is 0 Å². The van der Waals surface area contributed by atoms with E-state index in [2.05, 4.69) is 22.5 Å².